The van der Waals surface area contributed by atoms with Gasteiger partial charge in [0.05, 0.1) is 6.04 Å². The molecule has 4 rings (SSSR count). The first kappa shape index (κ1) is 14.3. The SMILES string of the molecule is Clc1ccc([C@@H](N[C@@H]2C[C@H]3CC[C@H]2C3)c2ccccc2)cc1. The molecule has 0 amide bonds. The monoisotopic (exact) mass is 311 g/mol. The van der Waals surface area contributed by atoms with Gasteiger partial charge in [0.1, 0.15) is 0 Å². The fourth-order valence-corrected chi connectivity index (χ4v) is 4.47. The number of hydrogen-bond acceptors (Lipinski definition) is 1. The number of fused-ring (bicyclic) bond motifs is 2. The molecule has 0 unspecified atom stereocenters. The van der Waals surface area contributed by atoms with E-state index in [9.17, 15) is 0 Å². The summed E-state index contributed by atoms with van der Waals surface area (Å²) in [5, 5.41) is 4.76. The van der Waals surface area contributed by atoms with Crippen LogP contribution in [0.15, 0.2) is 54.6 Å². The molecular formula is C20H22ClN. The van der Waals surface area contributed by atoms with Gasteiger partial charge in [-0.05, 0) is 54.4 Å². The predicted octanol–water partition coefficient (Wildman–Crippen LogP) is 5.21. The summed E-state index contributed by atoms with van der Waals surface area (Å²) >= 11 is 6.06. The van der Waals surface area contributed by atoms with Crippen LogP contribution >= 0.6 is 11.6 Å². The summed E-state index contributed by atoms with van der Waals surface area (Å²) in [4.78, 5) is 0. The van der Waals surface area contributed by atoms with E-state index in [2.05, 4.69) is 47.8 Å². The van der Waals surface area contributed by atoms with E-state index < -0.39 is 0 Å². The van der Waals surface area contributed by atoms with E-state index in [0.717, 1.165) is 16.9 Å². The van der Waals surface area contributed by atoms with Gasteiger partial charge in [-0.1, -0.05) is 60.5 Å². The molecule has 0 spiro atoms. The molecule has 2 aromatic carbocycles. The van der Waals surface area contributed by atoms with Crippen LogP contribution in [0.3, 0.4) is 0 Å². The molecule has 2 bridgehead atoms. The molecule has 0 aliphatic heterocycles. The van der Waals surface area contributed by atoms with Gasteiger partial charge in [0.15, 0.2) is 0 Å². The van der Waals surface area contributed by atoms with Gasteiger partial charge in [-0.3, -0.25) is 0 Å². The van der Waals surface area contributed by atoms with Crippen LogP contribution in [0.2, 0.25) is 5.02 Å². The van der Waals surface area contributed by atoms with E-state index in [4.69, 9.17) is 11.6 Å². The van der Waals surface area contributed by atoms with Crippen LogP contribution < -0.4 is 5.32 Å². The van der Waals surface area contributed by atoms with E-state index in [0.29, 0.717) is 6.04 Å². The molecule has 1 nitrogen and oxygen atoms in total. The summed E-state index contributed by atoms with van der Waals surface area (Å²) in [5.74, 6) is 1.84. The van der Waals surface area contributed by atoms with Crippen LogP contribution in [0.4, 0.5) is 0 Å². The molecule has 0 aromatic heterocycles. The van der Waals surface area contributed by atoms with Crippen LogP contribution in [0.1, 0.15) is 42.9 Å². The van der Waals surface area contributed by atoms with Gasteiger partial charge >= 0.3 is 0 Å². The van der Waals surface area contributed by atoms with Crippen LogP contribution in [0.5, 0.6) is 0 Å². The van der Waals surface area contributed by atoms with Crippen LogP contribution in [0.25, 0.3) is 0 Å². The maximum atomic E-state index is 6.06. The minimum atomic E-state index is 0.266. The Labute approximate surface area is 137 Å². The molecule has 114 valence electrons. The smallest absolute Gasteiger partial charge is 0.0578 e. The molecule has 0 radical (unpaired) electrons. The Kier molecular flexibility index (Phi) is 3.94. The van der Waals surface area contributed by atoms with Gasteiger partial charge in [0, 0.05) is 11.1 Å². The fourth-order valence-electron chi connectivity index (χ4n) is 4.35. The molecule has 2 aliphatic rings. The van der Waals surface area contributed by atoms with E-state index >= 15 is 0 Å². The second-order valence-electron chi connectivity index (χ2n) is 6.84. The van der Waals surface area contributed by atoms with Crippen molar-refractivity contribution in [1.82, 2.24) is 5.32 Å². The highest BCUT2D eigenvalue weighted by atomic mass is 35.5. The number of rotatable bonds is 4. The maximum absolute atomic E-state index is 6.06. The van der Waals surface area contributed by atoms with Crippen molar-refractivity contribution in [3.05, 3.63) is 70.7 Å². The summed E-state index contributed by atoms with van der Waals surface area (Å²) in [6.45, 7) is 0. The third-order valence-electron chi connectivity index (χ3n) is 5.46. The lowest BCUT2D eigenvalue weighted by molar-refractivity contribution is 0.334. The molecule has 0 heterocycles. The zero-order valence-electron chi connectivity index (χ0n) is 12.7. The van der Waals surface area contributed by atoms with Crippen LogP contribution in [0, 0.1) is 11.8 Å². The average Bonchev–Trinajstić information content (AvgIpc) is 3.17. The van der Waals surface area contributed by atoms with Gasteiger partial charge < -0.3 is 5.32 Å². The van der Waals surface area contributed by atoms with Gasteiger partial charge in [0.2, 0.25) is 0 Å². The summed E-state index contributed by atoms with van der Waals surface area (Å²) < 4.78 is 0. The van der Waals surface area contributed by atoms with Crippen molar-refractivity contribution in [2.24, 2.45) is 11.8 Å². The van der Waals surface area contributed by atoms with Crippen molar-refractivity contribution in [2.75, 3.05) is 0 Å². The number of benzene rings is 2. The Morgan fingerprint density at radius 1 is 0.864 bits per heavy atom. The van der Waals surface area contributed by atoms with Crippen molar-refractivity contribution in [2.45, 2.75) is 37.8 Å². The lowest BCUT2D eigenvalue weighted by Gasteiger charge is -2.29. The Balaban J connectivity index is 1.62. The first-order chi connectivity index (χ1) is 10.8. The fraction of sp³-hybridized carbons (Fsp3) is 0.400. The summed E-state index contributed by atoms with van der Waals surface area (Å²) in [5.41, 5.74) is 2.64. The zero-order chi connectivity index (χ0) is 14.9. The highest BCUT2D eigenvalue weighted by Crippen LogP contribution is 2.45. The zero-order valence-corrected chi connectivity index (χ0v) is 13.5. The topological polar surface area (TPSA) is 12.0 Å². The molecule has 2 aromatic rings. The number of hydrogen-bond donors (Lipinski definition) is 1. The van der Waals surface area contributed by atoms with Crippen LogP contribution in [-0.2, 0) is 0 Å². The van der Waals surface area contributed by atoms with Gasteiger partial charge in [-0.15, -0.1) is 0 Å². The van der Waals surface area contributed by atoms with E-state index in [1.807, 2.05) is 12.1 Å². The molecule has 22 heavy (non-hydrogen) atoms. The predicted molar refractivity (Wildman–Crippen MR) is 92.1 cm³/mol. The minimum absolute atomic E-state index is 0.266. The Hall–Kier alpha value is -1.31. The standard InChI is InChI=1S/C20H22ClN/c21-18-10-8-16(9-11-18)20(15-4-2-1-3-5-15)22-19-13-14-6-7-17(19)12-14/h1-5,8-11,14,17,19-20,22H,6-7,12-13H2/t14-,17-,19+,20-/m0/s1. The Morgan fingerprint density at radius 2 is 1.59 bits per heavy atom. The third kappa shape index (κ3) is 2.80. The molecule has 2 fully saturated rings. The largest absolute Gasteiger partial charge is 0.303 e. The first-order valence-corrected chi connectivity index (χ1v) is 8.74. The highest BCUT2D eigenvalue weighted by molar-refractivity contribution is 6.30. The third-order valence-corrected chi connectivity index (χ3v) is 5.71. The van der Waals surface area contributed by atoms with Crippen molar-refractivity contribution in [3.8, 4) is 0 Å². The number of nitrogens with one attached hydrogen (secondary N) is 1. The number of halogens is 1. The maximum Gasteiger partial charge on any atom is 0.0578 e. The van der Waals surface area contributed by atoms with Crippen molar-refractivity contribution in [3.63, 3.8) is 0 Å². The van der Waals surface area contributed by atoms with Crippen molar-refractivity contribution >= 4 is 11.6 Å². The Morgan fingerprint density at radius 3 is 2.23 bits per heavy atom. The van der Waals surface area contributed by atoms with Gasteiger partial charge in [-0.2, -0.15) is 0 Å². The lowest BCUT2D eigenvalue weighted by Crippen LogP contribution is -2.37. The van der Waals surface area contributed by atoms with Gasteiger partial charge in [-0.25, -0.2) is 0 Å². The molecule has 0 saturated heterocycles. The highest BCUT2D eigenvalue weighted by Gasteiger charge is 2.40. The summed E-state index contributed by atoms with van der Waals surface area (Å²) in [6, 6.07) is 20.0. The lowest BCUT2D eigenvalue weighted by atomic mass is 9.92. The van der Waals surface area contributed by atoms with Gasteiger partial charge in [0.25, 0.3) is 0 Å². The molecule has 2 saturated carbocycles. The average molecular weight is 312 g/mol. The molecule has 4 atom stereocenters. The van der Waals surface area contributed by atoms with Crippen molar-refractivity contribution < 1.29 is 0 Å². The second-order valence-corrected chi connectivity index (χ2v) is 7.28. The molecule has 2 heteroatoms. The van der Waals surface area contributed by atoms with Crippen molar-refractivity contribution in [1.29, 1.82) is 0 Å². The molecule has 2 aliphatic carbocycles. The normalized spacial score (nSPS) is 28.0. The van der Waals surface area contributed by atoms with E-state index in [1.165, 1.54) is 36.8 Å². The second kappa shape index (κ2) is 6.06. The molecular weight excluding hydrogens is 290 g/mol. The Bertz CT molecular complexity index is 622. The van der Waals surface area contributed by atoms with Crippen LogP contribution in [-0.4, -0.2) is 6.04 Å². The summed E-state index contributed by atoms with van der Waals surface area (Å²) in [6.07, 6.45) is 5.63. The van der Waals surface area contributed by atoms with E-state index in [1.54, 1.807) is 0 Å². The molecule has 1 N–H and O–H groups in total. The quantitative estimate of drug-likeness (QED) is 0.817. The summed E-state index contributed by atoms with van der Waals surface area (Å²) in [7, 11) is 0. The van der Waals surface area contributed by atoms with E-state index in [-0.39, 0.29) is 6.04 Å². The minimum Gasteiger partial charge on any atom is -0.303 e. The first-order valence-electron chi connectivity index (χ1n) is 8.36.